The lowest BCUT2D eigenvalue weighted by Crippen LogP contribution is -2.24. The summed E-state index contributed by atoms with van der Waals surface area (Å²) in [6.07, 6.45) is 0.860. The summed E-state index contributed by atoms with van der Waals surface area (Å²) < 4.78 is 56.9. The van der Waals surface area contributed by atoms with Crippen LogP contribution in [-0.4, -0.2) is 18.9 Å². The largest absolute Gasteiger partial charge is 0.503 e. The second-order valence-corrected chi connectivity index (χ2v) is 3.93. The topological polar surface area (TPSA) is 47.0 Å². The predicted octanol–water partition coefficient (Wildman–Crippen LogP) is 1.18. The molecule has 13 heavy (non-hydrogen) atoms. The van der Waals surface area contributed by atoms with Crippen molar-refractivity contribution in [1.82, 2.24) is 4.98 Å². The van der Waals surface area contributed by atoms with Crippen LogP contribution in [0.5, 0.6) is 0 Å². The maximum atomic E-state index is 11.9. The van der Waals surface area contributed by atoms with E-state index >= 15 is 0 Å². The molecular weight excluding hydrogens is 207 g/mol. The molecule has 1 aromatic heterocycles. The van der Waals surface area contributed by atoms with Crippen LogP contribution in [0.1, 0.15) is 0 Å². The summed E-state index contributed by atoms with van der Waals surface area (Å²) >= 11 is 0. The van der Waals surface area contributed by atoms with Gasteiger partial charge in [-0.1, -0.05) is 0 Å². The lowest BCUT2D eigenvalue weighted by molar-refractivity contribution is -0.0438. The Morgan fingerprint density at radius 2 is 2.00 bits per heavy atom. The number of halogens is 3. The highest BCUT2D eigenvalue weighted by atomic mass is 32.2. The van der Waals surface area contributed by atoms with Gasteiger partial charge in [-0.25, -0.2) is 13.4 Å². The quantitative estimate of drug-likeness (QED) is 0.699. The Bertz CT molecular complexity index is 384. The minimum Gasteiger partial charge on any atom is -0.244 e. The molecule has 1 aromatic rings. The third kappa shape index (κ3) is 1.80. The Labute approximate surface area is 72.1 Å². The van der Waals surface area contributed by atoms with Crippen molar-refractivity contribution in [2.24, 2.45) is 0 Å². The Hall–Kier alpha value is -1.11. The summed E-state index contributed by atoms with van der Waals surface area (Å²) in [5, 5.41) is -1.02. The van der Waals surface area contributed by atoms with Crippen molar-refractivity contribution in [3.05, 3.63) is 24.4 Å². The Balaban J connectivity index is 3.26. The molecule has 0 atom stereocenters. The van der Waals surface area contributed by atoms with E-state index in [1.54, 1.807) is 0 Å². The molecule has 0 spiro atoms. The van der Waals surface area contributed by atoms with E-state index < -0.39 is 20.4 Å². The minimum atomic E-state index is -5.31. The van der Waals surface area contributed by atoms with Gasteiger partial charge in [0.25, 0.3) is 9.84 Å². The van der Waals surface area contributed by atoms with E-state index in [4.69, 9.17) is 0 Å². The van der Waals surface area contributed by atoms with Crippen molar-refractivity contribution in [2.45, 2.75) is 10.5 Å². The van der Waals surface area contributed by atoms with Gasteiger partial charge in [-0.15, -0.1) is 0 Å². The molecule has 71 valence electrons. The van der Waals surface area contributed by atoms with Crippen molar-refractivity contribution in [1.29, 1.82) is 0 Å². The molecule has 0 aliphatic heterocycles. The summed E-state index contributed by atoms with van der Waals surface area (Å²) in [4.78, 5) is 3.05. The maximum absolute atomic E-state index is 11.9. The van der Waals surface area contributed by atoms with E-state index in [1.165, 1.54) is 0 Å². The van der Waals surface area contributed by atoms with Crippen molar-refractivity contribution >= 4 is 9.84 Å². The standard InChI is InChI=1S/C6H3F3NO2S/c7-6(8,9)13(11,12)5-3-1-2-4-10-5/h1,3-4H. The van der Waals surface area contributed by atoms with Crippen LogP contribution in [0.15, 0.2) is 23.4 Å². The summed E-state index contributed by atoms with van der Waals surface area (Å²) in [6, 6.07) is 4.10. The van der Waals surface area contributed by atoms with E-state index in [-0.39, 0.29) is 0 Å². The van der Waals surface area contributed by atoms with Crippen molar-refractivity contribution in [2.75, 3.05) is 0 Å². The van der Waals surface area contributed by atoms with Crippen LogP contribution in [-0.2, 0) is 9.84 Å². The summed E-state index contributed by atoms with van der Waals surface area (Å²) in [5.41, 5.74) is -5.30. The van der Waals surface area contributed by atoms with Crippen LogP contribution in [0, 0.1) is 6.07 Å². The fourth-order valence-corrected chi connectivity index (χ4v) is 1.26. The molecule has 7 heteroatoms. The number of aromatic nitrogens is 1. The first-order chi connectivity index (χ1) is 5.86. The van der Waals surface area contributed by atoms with E-state index in [0.717, 1.165) is 18.3 Å². The highest BCUT2D eigenvalue weighted by molar-refractivity contribution is 7.92. The van der Waals surface area contributed by atoms with Crippen LogP contribution in [0.3, 0.4) is 0 Å². The van der Waals surface area contributed by atoms with Gasteiger partial charge in [0.1, 0.15) is 0 Å². The number of alkyl halides is 3. The zero-order chi connectivity index (χ0) is 10.1. The number of hydrogen-bond donors (Lipinski definition) is 0. The zero-order valence-electron chi connectivity index (χ0n) is 6.04. The monoisotopic (exact) mass is 210 g/mol. The fraction of sp³-hybridized carbons (Fsp3) is 0.167. The van der Waals surface area contributed by atoms with Crippen LogP contribution < -0.4 is 0 Å². The smallest absolute Gasteiger partial charge is 0.244 e. The summed E-state index contributed by atoms with van der Waals surface area (Å²) in [6.45, 7) is 0. The highest BCUT2D eigenvalue weighted by Gasteiger charge is 2.47. The predicted molar refractivity (Wildman–Crippen MR) is 36.3 cm³/mol. The number of nitrogens with zero attached hydrogens (tertiary/aromatic N) is 1. The van der Waals surface area contributed by atoms with Gasteiger partial charge in [-0.05, 0) is 12.1 Å². The molecule has 0 aromatic carbocycles. The van der Waals surface area contributed by atoms with Crippen molar-refractivity contribution in [3.63, 3.8) is 0 Å². The lowest BCUT2D eigenvalue weighted by atomic mass is 10.5. The van der Waals surface area contributed by atoms with Crippen LogP contribution in [0.25, 0.3) is 0 Å². The van der Waals surface area contributed by atoms with Gasteiger partial charge in [0.15, 0.2) is 5.03 Å². The maximum Gasteiger partial charge on any atom is 0.503 e. The molecule has 0 aliphatic carbocycles. The minimum absolute atomic E-state index is 0.739. The lowest BCUT2D eigenvalue weighted by Gasteiger charge is -2.05. The fourth-order valence-electron chi connectivity index (χ4n) is 0.584. The molecule has 0 fully saturated rings. The van der Waals surface area contributed by atoms with E-state index in [9.17, 15) is 21.6 Å². The van der Waals surface area contributed by atoms with Gasteiger partial charge < -0.3 is 0 Å². The van der Waals surface area contributed by atoms with E-state index in [0.29, 0.717) is 0 Å². The van der Waals surface area contributed by atoms with Gasteiger partial charge in [0.2, 0.25) is 0 Å². The first-order valence-electron chi connectivity index (χ1n) is 2.99. The average Bonchev–Trinajstić information content (AvgIpc) is 2.04. The van der Waals surface area contributed by atoms with E-state index in [2.05, 4.69) is 11.1 Å². The third-order valence-corrected chi connectivity index (χ3v) is 2.57. The second kappa shape index (κ2) is 2.99. The third-order valence-electron chi connectivity index (χ3n) is 1.17. The Kier molecular flexibility index (Phi) is 2.29. The average molecular weight is 210 g/mol. The molecule has 3 nitrogen and oxygen atoms in total. The molecule has 0 unspecified atom stereocenters. The molecule has 0 N–H and O–H groups in total. The number of rotatable bonds is 1. The number of sulfone groups is 1. The Morgan fingerprint density at radius 1 is 1.38 bits per heavy atom. The Morgan fingerprint density at radius 3 is 2.38 bits per heavy atom. The molecule has 1 radical (unpaired) electrons. The molecular formula is C6H3F3NO2S. The molecule has 1 rings (SSSR count). The number of hydrogen-bond acceptors (Lipinski definition) is 3. The van der Waals surface area contributed by atoms with Gasteiger partial charge in [0, 0.05) is 12.3 Å². The number of pyridine rings is 1. The molecule has 1 heterocycles. The van der Waals surface area contributed by atoms with Crippen molar-refractivity contribution < 1.29 is 21.6 Å². The van der Waals surface area contributed by atoms with Gasteiger partial charge >= 0.3 is 5.51 Å². The van der Waals surface area contributed by atoms with Crippen LogP contribution in [0.4, 0.5) is 13.2 Å². The van der Waals surface area contributed by atoms with E-state index in [1.807, 2.05) is 0 Å². The normalized spacial score (nSPS) is 12.8. The molecule has 0 saturated heterocycles. The first-order valence-corrected chi connectivity index (χ1v) is 4.47. The SMILES string of the molecule is O=S(=O)(c1cc[c]cn1)C(F)(F)F. The summed E-state index contributed by atoms with van der Waals surface area (Å²) in [5.74, 6) is 0. The van der Waals surface area contributed by atoms with Gasteiger partial charge in [-0.3, -0.25) is 0 Å². The zero-order valence-corrected chi connectivity index (χ0v) is 6.85. The molecule has 0 bridgehead atoms. The molecule has 0 amide bonds. The molecule has 0 aliphatic rings. The second-order valence-electron chi connectivity index (χ2n) is 2.05. The van der Waals surface area contributed by atoms with Crippen LogP contribution >= 0.6 is 0 Å². The van der Waals surface area contributed by atoms with Crippen molar-refractivity contribution in [3.8, 4) is 0 Å². The summed E-state index contributed by atoms with van der Waals surface area (Å²) in [7, 11) is -5.31. The van der Waals surface area contributed by atoms with Gasteiger partial charge in [-0.2, -0.15) is 13.2 Å². The highest BCUT2D eigenvalue weighted by Crippen LogP contribution is 2.28. The molecule has 0 saturated carbocycles. The first kappa shape index (κ1) is 9.97. The van der Waals surface area contributed by atoms with Gasteiger partial charge in [0.05, 0.1) is 0 Å². The van der Waals surface area contributed by atoms with Crippen LogP contribution in [0.2, 0.25) is 0 Å².